The number of nitrogens with zero attached hydrogens (tertiary/aromatic N) is 2. The van der Waals surface area contributed by atoms with E-state index in [1.54, 1.807) is 6.07 Å². The molecule has 88 valence electrons. The third kappa shape index (κ3) is 2.57. The first-order valence-corrected chi connectivity index (χ1v) is 5.32. The molecular formula is C10H7Cl2FN4. The topological polar surface area (TPSA) is 63.8 Å². The van der Waals surface area contributed by atoms with Gasteiger partial charge in [0.05, 0.1) is 22.6 Å². The van der Waals surface area contributed by atoms with Crippen molar-refractivity contribution in [2.24, 2.45) is 0 Å². The van der Waals surface area contributed by atoms with Crippen LogP contribution in [0, 0.1) is 5.82 Å². The van der Waals surface area contributed by atoms with Gasteiger partial charge in [0.2, 0.25) is 5.28 Å². The van der Waals surface area contributed by atoms with E-state index in [0.29, 0.717) is 0 Å². The minimum atomic E-state index is -0.508. The van der Waals surface area contributed by atoms with Gasteiger partial charge in [0.25, 0.3) is 0 Å². The minimum Gasteiger partial charge on any atom is -0.394 e. The van der Waals surface area contributed by atoms with Crippen LogP contribution in [0.15, 0.2) is 24.4 Å². The number of aromatic nitrogens is 2. The van der Waals surface area contributed by atoms with Gasteiger partial charge in [-0.2, -0.15) is 4.98 Å². The van der Waals surface area contributed by atoms with Crippen LogP contribution in [-0.4, -0.2) is 9.97 Å². The number of para-hydroxylation sites is 1. The maximum absolute atomic E-state index is 13.5. The van der Waals surface area contributed by atoms with Crippen molar-refractivity contribution < 1.29 is 4.39 Å². The number of rotatable bonds is 2. The highest BCUT2D eigenvalue weighted by molar-refractivity contribution is 6.33. The molecule has 0 bridgehead atoms. The molecule has 1 heterocycles. The van der Waals surface area contributed by atoms with E-state index in [-0.39, 0.29) is 27.5 Å². The standard InChI is InChI=1S/C10H7Cl2FN4/c11-5-2-1-3-6(13)8(5)16-9-7(14)4-15-10(12)17-9/h1-4H,14H2,(H,15,16,17). The van der Waals surface area contributed by atoms with E-state index in [4.69, 9.17) is 28.9 Å². The van der Waals surface area contributed by atoms with E-state index >= 15 is 0 Å². The summed E-state index contributed by atoms with van der Waals surface area (Å²) < 4.78 is 13.5. The Morgan fingerprint density at radius 2 is 2.06 bits per heavy atom. The van der Waals surface area contributed by atoms with Gasteiger partial charge in [0.1, 0.15) is 5.82 Å². The van der Waals surface area contributed by atoms with E-state index in [0.717, 1.165) is 0 Å². The smallest absolute Gasteiger partial charge is 0.224 e. The van der Waals surface area contributed by atoms with Gasteiger partial charge in [-0.3, -0.25) is 0 Å². The van der Waals surface area contributed by atoms with Crippen molar-refractivity contribution >= 4 is 40.4 Å². The summed E-state index contributed by atoms with van der Waals surface area (Å²) >= 11 is 11.5. The second-order valence-electron chi connectivity index (χ2n) is 3.16. The van der Waals surface area contributed by atoms with Crippen LogP contribution < -0.4 is 11.1 Å². The van der Waals surface area contributed by atoms with Crippen LogP contribution in [0.25, 0.3) is 0 Å². The third-order valence-electron chi connectivity index (χ3n) is 1.99. The highest BCUT2D eigenvalue weighted by atomic mass is 35.5. The van der Waals surface area contributed by atoms with Crippen molar-refractivity contribution in [2.45, 2.75) is 0 Å². The molecule has 7 heteroatoms. The fourth-order valence-corrected chi connectivity index (χ4v) is 1.55. The summed E-state index contributed by atoms with van der Waals surface area (Å²) in [6.07, 6.45) is 1.33. The first-order chi connectivity index (χ1) is 8.08. The number of anilines is 3. The summed E-state index contributed by atoms with van der Waals surface area (Å²) in [4.78, 5) is 7.53. The molecule has 0 saturated heterocycles. The van der Waals surface area contributed by atoms with Gasteiger partial charge < -0.3 is 11.1 Å². The first kappa shape index (κ1) is 11.9. The highest BCUT2D eigenvalue weighted by Gasteiger charge is 2.10. The van der Waals surface area contributed by atoms with E-state index in [2.05, 4.69) is 15.3 Å². The zero-order valence-electron chi connectivity index (χ0n) is 8.42. The predicted molar refractivity (Wildman–Crippen MR) is 66.1 cm³/mol. The van der Waals surface area contributed by atoms with Crippen molar-refractivity contribution in [1.82, 2.24) is 9.97 Å². The number of nitrogens with one attached hydrogen (secondary N) is 1. The number of benzene rings is 1. The summed E-state index contributed by atoms with van der Waals surface area (Å²) in [5.41, 5.74) is 5.96. The van der Waals surface area contributed by atoms with Crippen LogP contribution in [0.5, 0.6) is 0 Å². The fraction of sp³-hybridized carbons (Fsp3) is 0. The molecule has 0 unspecified atom stereocenters. The summed E-state index contributed by atoms with van der Waals surface area (Å²) in [7, 11) is 0. The molecular weight excluding hydrogens is 266 g/mol. The minimum absolute atomic E-state index is 0.00848. The van der Waals surface area contributed by atoms with Crippen molar-refractivity contribution in [3.8, 4) is 0 Å². The Balaban J connectivity index is 2.41. The Morgan fingerprint density at radius 3 is 2.76 bits per heavy atom. The second kappa shape index (κ2) is 4.73. The largest absolute Gasteiger partial charge is 0.394 e. The van der Waals surface area contributed by atoms with Crippen LogP contribution in [-0.2, 0) is 0 Å². The van der Waals surface area contributed by atoms with Gasteiger partial charge in [0, 0.05) is 0 Å². The molecule has 0 aliphatic heterocycles. The Kier molecular flexibility index (Phi) is 3.31. The summed E-state index contributed by atoms with van der Waals surface area (Å²) in [6, 6.07) is 4.32. The van der Waals surface area contributed by atoms with Gasteiger partial charge in [-0.05, 0) is 23.7 Å². The molecule has 0 saturated carbocycles. The summed E-state index contributed by atoms with van der Waals surface area (Å²) in [6.45, 7) is 0. The van der Waals surface area contributed by atoms with E-state index in [1.807, 2.05) is 0 Å². The number of nitrogen functional groups attached to an aromatic ring is 1. The van der Waals surface area contributed by atoms with Crippen LogP contribution in [0.1, 0.15) is 0 Å². The number of nitrogens with two attached hydrogens (primary N) is 1. The van der Waals surface area contributed by atoms with Crippen molar-refractivity contribution in [3.05, 3.63) is 40.5 Å². The van der Waals surface area contributed by atoms with Crippen molar-refractivity contribution in [2.75, 3.05) is 11.1 Å². The number of halogens is 3. The van der Waals surface area contributed by atoms with Crippen LogP contribution in [0.2, 0.25) is 10.3 Å². The van der Waals surface area contributed by atoms with E-state index < -0.39 is 5.82 Å². The van der Waals surface area contributed by atoms with Crippen LogP contribution in [0.4, 0.5) is 21.6 Å². The molecule has 4 nitrogen and oxygen atoms in total. The molecule has 2 aromatic rings. The average molecular weight is 273 g/mol. The summed E-state index contributed by atoms with van der Waals surface area (Å²) in [5.74, 6) is -0.302. The predicted octanol–water partition coefficient (Wildman–Crippen LogP) is 3.25. The zero-order valence-corrected chi connectivity index (χ0v) is 9.93. The molecule has 0 amide bonds. The molecule has 1 aromatic heterocycles. The second-order valence-corrected chi connectivity index (χ2v) is 3.91. The van der Waals surface area contributed by atoms with E-state index in [9.17, 15) is 4.39 Å². The van der Waals surface area contributed by atoms with Gasteiger partial charge in [-0.1, -0.05) is 17.7 Å². The lowest BCUT2D eigenvalue weighted by Gasteiger charge is -2.10. The maximum Gasteiger partial charge on any atom is 0.224 e. The molecule has 3 N–H and O–H groups in total. The van der Waals surface area contributed by atoms with E-state index in [1.165, 1.54) is 18.3 Å². The molecule has 17 heavy (non-hydrogen) atoms. The average Bonchev–Trinajstić information content (AvgIpc) is 2.28. The van der Waals surface area contributed by atoms with Crippen molar-refractivity contribution in [3.63, 3.8) is 0 Å². The summed E-state index contributed by atoms with van der Waals surface area (Å²) in [5, 5.41) is 2.91. The fourth-order valence-electron chi connectivity index (χ4n) is 1.21. The van der Waals surface area contributed by atoms with Crippen molar-refractivity contribution in [1.29, 1.82) is 0 Å². The lowest BCUT2D eigenvalue weighted by Crippen LogP contribution is -2.02. The molecule has 1 aromatic carbocycles. The lowest BCUT2D eigenvalue weighted by molar-refractivity contribution is 0.632. The molecule has 0 atom stereocenters. The lowest BCUT2D eigenvalue weighted by atomic mass is 10.3. The maximum atomic E-state index is 13.5. The SMILES string of the molecule is Nc1cnc(Cl)nc1Nc1c(F)cccc1Cl. The quantitative estimate of drug-likeness (QED) is 0.824. The zero-order chi connectivity index (χ0) is 12.4. The van der Waals surface area contributed by atoms with Gasteiger partial charge in [-0.15, -0.1) is 0 Å². The number of hydrogen-bond acceptors (Lipinski definition) is 4. The molecule has 0 aliphatic carbocycles. The Bertz CT molecular complexity index is 542. The van der Waals surface area contributed by atoms with Crippen LogP contribution in [0.3, 0.4) is 0 Å². The molecule has 2 rings (SSSR count). The van der Waals surface area contributed by atoms with Gasteiger partial charge in [-0.25, -0.2) is 9.37 Å². The molecule has 0 radical (unpaired) electrons. The third-order valence-corrected chi connectivity index (χ3v) is 2.49. The number of hydrogen-bond donors (Lipinski definition) is 2. The Labute approximate surface area is 107 Å². The monoisotopic (exact) mass is 272 g/mol. The Morgan fingerprint density at radius 1 is 1.29 bits per heavy atom. The first-order valence-electron chi connectivity index (χ1n) is 4.57. The molecule has 0 aliphatic rings. The van der Waals surface area contributed by atoms with Gasteiger partial charge in [0.15, 0.2) is 5.82 Å². The normalized spacial score (nSPS) is 10.3. The molecule has 0 fully saturated rings. The Hall–Kier alpha value is -1.59. The highest BCUT2D eigenvalue weighted by Crippen LogP contribution is 2.29. The van der Waals surface area contributed by atoms with Crippen LogP contribution >= 0.6 is 23.2 Å². The van der Waals surface area contributed by atoms with Gasteiger partial charge >= 0.3 is 0 Å². The molecule has 0 spiro atoms.